The maximum absolute atomic E-state index is 10.7. The van der Waals surface area contributed by atoms with Crippen LogP contribution in [0.3, 0.4) is 0 Å². The molecule has 0 aliphatic rings. The number of hydrogen-bond donors (Lipinski definition) is 0. The molecule has 3 heteroatoms. The predicted molar refractivity (Wildman–Crippen MR) is 70.8 cm³/mol. The molecule has 0 N–H and O–H groups in total. The van der Waals surface area contributed by atoms with E-state index in [4.69, 9.17) is 11.6 Å². The Labute approximate surface area is 106 Å². The van der Waals surface area contributed by atoms with Gasteiger partial charge in [0.25, 0.3) is 0 Å². The molecule has 0 bridgehead atoms. The molecule has 0 saturated carbocycles. The van der Waals surface area contributed by atoms with E-state index in [-0.39, 0.29) is 5.12 Å². The standard InChI is InChI=1S/C13H13ClOS/c1-10-6-5-8-13(14)12(10)7-3-4-9-16-11(2)15/h5-6,8H,4,9H2,1-2H3. The summed E-state index contributed by atoms with van der Waals surface area (Å²) in [6.45, 7) is 3.55. The number of aryl methyl sites for hydroxylation is 1. The molecule has 0 spiro atoms. The number of carbonyl (C=O) groups excluding carboxylic acids is 1. The Hall–Kier alpha value is -0.910. The van der Waals surface area contributed by atoms with Crippen molar-refractivity contribution in [3.05, 3.63) is 34.3 Å². The number of rotatable bonds is 2. The highest BCUT2D eigenvalue weighted by Crippen LogP contribution is 2.17. The molecule has 0 heterocycles. The van der Waals surface area contributed by atoms with Crippen LogP contribution in [0.2, 0.25) is 5.02 Å². The van der Waals surface area contributed by atoms with Crippen LogP contribution in [0.1, 0.15) is 24.5 Å². The van der Waals surface area contributed by atoms with E-state index < -0.39 is 0 Å². The third-order valence-corrected chi connectivity index (χ3v) is 3.10. The van der Waals surface area contributed by atoms with Crippen molar-refractivity contribution in [1.82, 2.24) is 0 Å². The van der Waals surface area contributed by atoms with E-state index in [1.54, 1.807) is 6.92 Å². The Kier molecular flexibility index (Phi) is 5.45. The maximum atomic E-state index is 10.7. The predicted octanol–water partition coefficient (Wildman–Crippen LogP) is 3.67. The van der Waals surface area contributed by atoms with E-state index in [2.05, 4.69) is 11.8 Å². The first-order valence-electron chi connectivity index (χ1n) is 4.98. The first-order chi connectivity index (χ1) is 7.61. The van der Waals surface area contributed by atoms with Crippen LogP contribution in [0.5, 0.6) is 0 Å². The quantitative estimate of drug-likeness (QED) is 0.590. The lowest BCUT2D eigenvalue weighted by Crippen LogP contribution is -1.85. The minimum Gasteiger partial charge on any atom is -0.288 e. The molecule has 0 aliphatic heterocycles. The Bertz CT molecular complexity index is 423. The van der Waals surface area contributed by atoms with Crippen molar-refractivity contribution in [1.29, 1.82) is 0 Å². The van der Waals surface area contributed by atoms with Gasteiger partial charge in [0.1, 0.15) is 0 Å². The zero-order valence-corrected chi connectivity index (χ0v) is 10.9. The van der Waals surface area contributed by atoms with Crippen LogP contribution >= 0.6 is 23.4 Å². The van der Waals surface area contributed by atoms with Crippen molar-refractivity contribution in [3.63, 3.8) is 0 Å². The second-order valence-corrected chi connectivity index (χ2v) is 5.00. The Morgan fingerprint density at radius 1 is 1.50 bits per heavy atom. The molecule has 84 valence electrons. The summed E-state index contributed by atoms with van der Waals surface area (Å²) in [4.78, 5) is 10.7. The topological polar surface area (TPSA) is 17.1 Å². The van der Waals surface area contributed by atoms with Gasteiger partial charge < -0.3 is 0 Å². The van der Waals surface area contributed by atoms with Crippen molar-refractivity contribution in [3.8, 4) is 11.8 Å². The number of thioether (sulfide) groups is 1. The SMILES string of the molecule is CC(=O)SCCC#Cc1c(C)cccc1Cl. The molecular formula is C13H13ClOS. The van der Waals surface area contributed by atoms with Gasteiger partial charge in [0.15, 0.2) is 5.12 Å². The molecule has 1 nitrogen and oxygen atoms in total. The molecule has 0 unspecified atom stereocenters. The van der Waals surface area contributed by atoms with Gasteiger partial charge in [0.2, 0.25) is 0 Å². The van der Waals surface area contributed by atoms with Crippen LogP contribution in [0.25, 0.3) is 0 Å². The van der Waals surface area contributed by atoms with Crippen LogP contribution in [0.15, 0.2) is 18.2 Å². The largest absolute Gasteiger partial charge is 0.288 e. The number of hydrogen-bond acceptors (Lipinski definition) is 2. The van der Waals surface area contributed by atoms with E-state index >= 15 is 0 Å². The normalized spacial score (nSPS) is 9.44. The molecule has 0 atom stereocenters. The van der Waals surface area contributed by atoms with E-state index in [0.29, 0.717) is 11.4 Å². The summed E-state index contributed by atoms with van der Waals surface area (Å²) >= 11 is 7.33. The molecule has 0 fully saturated rings. The van der Waals surface area contributed by atoms with Crippen molar-refractivity contribution < 1.29 is 4.79 Å². The van der Waals surface area contributed by atoms with Gasteiger partial charge in [-0.05, 0) is 18.6 Å². The lowest BCUT2D eigenvalue weighted by Gasteiger charge is -1.99. The van der Waals surface area contributed by atoms with Crippen molar-refractivity contribution in [2.75, 3.05) is 5.75 Å². The average molecular weight is 253 g/mol. The number of halogens is 1. The van der Waals surface area contributed by atoms with Gasteiger partial charge in [0, 0.05) is 24.7 Å². The van der Waals surface area contributed by atoms with E-state index in [1.807, 2.05) is 25.1 Å². The molecule has 0 amide bonds. The molecule has 16 heavy (non-hydrogen) atoms. The van der Waals surface area contributed by atoms with Crippen LogP contribution in [-0.4, -0.2) is 10.9 Å². The van der Waals surface area contributed by atoms with Crippen molar-refractivity contribution in [2.45, 2.75) is 20.3 Å². The Morgan fingerprint density at radius 3 is 2.88 bits per heavy atom. The molecule has 0 saturated heterocycles. The fourth-order valence-corrected chi connectivity index (χ4v) is 1.95. The molecule has 0 radical (unpaired) electrons. The van der Waals surface area contributed by atoms with Crippen LogP contribution in [0, 0.1) is 18.8 Å². The van der Waals surface area contributed by atoms with Crippen molar-refractivity contribution >= 4 is 28.5 Å². The molecular weight excluding hydrogens is 240 g/mol. The van der Waals surface area contributed by atoms with Crippen LogP contribution in [-0.2, 0) is 4.79 Å². The highest BCUT2D eigenvalue weighted by atomic mass is 35.5. The molecule has 1 aromatic rings. The molecule has 1 aromatic carbocycles. The van der Waals surface area contributed by atoms with Gasteiger partial charge >= 0.3 is 0 Å². The van der Waals surface area contributed by atoms with Crippen LogP contribution in [0.4, 0.5) is 0 Å². The lowest BCUT2D eigenvalue weighted by atomic mass is 10.1. The number of carbonyl (C=O) groups is 1. The molecule has 0 aliphatic carbocycles. The summed E-state index contributed by atoms with van der Waals surface area (Å²) in [5, 5.41) is 0.822. The first kappa shape index (κ1) is 13.2. The minimum absolute atomic E-state index is 0.135. The van der Waals surface area contributed by atoms with Gasteiger partial charge in [-0.25, -0.2) is 0 Å². The third-order valence-electron chi connectivity index (χ3n) is 1.97. The molecule has 0 aromatic heterocycles. The first-order valence-corrected chi connectivity index (χ1v) is 6.35. The van der Waals surface area contributed by atoms with Gasteiger partial charge in [0.05, 0.1) is 5.02 Å². The summed E-state index contributed by atoms with van der Waals surface area (Å²) in [6.07, 6.45) is 0.703. The summed E-state index contributed by atoms with van der Waals surface area (Å²) in [7, 11) is 0. The zero-order valence-electron chi connectivity index (χ0n) is 9.34. The second-order valence-electron chi connectivity index (χ2n) is 3.32. The summed E-state index contributed by atoms with van der Waals surface area (Å²) in [6, 6.07) is 5.73. The fourth-order valence-electron chi connectivity index (χ4n) is 1.19. The highest BCUT2D eigenvalue weighted by molar-refractivity contribution is 8.13. The Morgan fingerprint density at radius 2 is 2.25 bits per heavy atom. The van der Waals surface area contributed by atoms with Gasteiger partial charge in [-0.2, -0.15) is 0 Å². The summed E-state index contributed by atoms with van der Waals surface area (Å²) in [5.74, 6) is 6.82. The molecule has 1 rings (SSSR count). The smallest absolute Gasteiger partial charge is 0.185 e. The van der Waals surface area contributed by atoms with E-state index in [9.17, 15) is 4.79 Å². The second kappa shape index (κ2) is 6.62. The fraction of sp³-hybridized carbons (Fsp3) is 0.308. The van der Waals surface area contributed by atoms with E-state index in [1.165, 1.54) is 11.8 Å². The van der Waals surface area contributed by atoms with Crippen molar-refractivity contribution in [2.24, 2.45) is 0 Å². The third kappa shape index (κ3) is 4.30. The lowest BCUT2D eigenvalue weighted by molar-refractivity contribution is -0.109. The van der Waals surface area contributed by atoms with Gasteiger partial charge in [-0.3, -0.25) is 4.79 Å². The van der Waals surface area contributed by atoms with Crippen LogP contribution < -0.4 is 0 Å². The average Bonchev–Trinajstić information content (AvgIpc) is 2.21. The summed E-state index contributed by atoms with van der Waals surface area (Å²) in [5.41, 5.74) is 1.97. The number of benzene rings is 1. The summed E-state index contributed by atoms with van der Waals surface area (Å²) < 4.78 is 0. The van der Waals surface area contributed by atoms with Gasteiger partial charge in [-0.1, -0.05) is 47.3 Å². The zero-order chi connectivity index (χ0) is 12.0. The monoisotopic (exact) mass is 252 g/mol. The van der Waals surface area contributed by atoms with E-state index in [0.717, 1.165) is 16.9 Å². The van der Waals surface area contributed by atoms with Gasteiger partial charge in [-0.15, -0.1) is 0 Å². The maximum Gasteiger partial charge on any atom is 0.185 e. The highest BCUT2D eigenvalue weighted by Gasteiger charge is 1.98. The Balaban J connectivity index is 2.60. The minimum atomic E-state index is 0.135.